The molecule has 1 N–H and O–H groups in total. The van der Waals surface area contributed by atoms with Gasteiger partial charge in [-0.25, -0.2) is 8.42 Å². The van der Waals surface area contributed by atoms with E-state index in [1.54, 1.807) is 12.1 Å². The summed E-state index contributed by atoms with van der Waals surface area (Å²) in [5.74, 6) is -1.47. The summed E-state index contributed by atoms with van der Waals surface area (Å²) < 4.78 is 28.1. The Morgan fingerprint density at radius 2 is 1.52 bits per heavy atom. The molecule has 0 bridgehead atoms. The van der Waals surface area contributed by atoms with Gasteiger partial charge < -0.3 is 10.0 Å². The summed E-state index contributed by atoms with van der Waals surface area (Å²) in [5, 5.41) is 9.40. The van der Waals surface area contributed by atoms with Crippen molar-refractivity contribution in [3.05, 3.63) is 89.5 Å². The number of carbonyl (C=O) groups is 2. The van der Waals surface area contributed by atoms with E-state index in [-0.39, 0.29) is 11.8 Å². The van der Waals surface area contributed by atoms with Crippen molar-refractivity contribution in [3.8, 4) is 11.1 Å². The van der Waals surface area contributed by atoms with E-state index in [1.165, 1.54) is 0 Å². The number of hydrogen-bond acceptors (Lipinski definition) is 4. The standard InChI is InChI=1S/C33H35NO5S/c1-22-7-15-28(16-8-22)40(38,39)33-19-20-34(31(35)24-9-11-25(12-10-24)32(36)37)30(33)18-14-27-21-26(13-17-29(27)33)23-5-3-2-4-6-23/h2-8,13,15-17,21,24-25,30H,9-12,14,18-20H2,1H3,(H,36,37)/t24-,25-,30?,33?. The molecule has 3 aromatic carbocycles. The zero-order valence-corrected chi connectivity index (χ0v) is 23.6. The molecule has 2 unspecified atom stereocenters. The Balaban J connectivity index is 1.42. The van der Waals surface area contributed by atoms with Crippen LogP contribution in [0, 0.1) is 18.8 Å². The summed E-state index contributed by atoms with van der Waals surface area (Å²) in [5.41, 5.74) is 4.98. The first kappa shape index (κ1) is 26.8. The summed E-state index contributed by atoms with van der Waals surface area (Å²) >= 11 is 0. The zero-order chi connectivity index (χ0) is 28.1. The molecule has 1 saturated carbocycles. The first-order chi connectivity index (χ1) is 19.2. The van der Waals surface area contributed by atoms with Crippen LogP contribution in [-0.2, 0) is 30.6 Å². The second-order valence-corrected chi connectivity index (χ2v) is 13.9. The molecule has 1 heterocycles. The van der Waals surface area contributed by atoms with Crippen LogP contribution in [0.15, 0.2) is 77.7 Å². The third-order valence-electron chi connectivity index (χ3n) is 9.51. The molecule has 3 aliphatic rings. The number of carboxylic acids is 1. The van der Waals surface area contributed by atoms with Gasteiger partial charge in [0.1, 0.15) is 4.75 Å². The average Bonchev–Trinajstić information content (AvgIpc) is 3.39. The van der Waals surface area contributed by atoms with Crippen LogP contribution >= 0.6 is 0 Å². The van der Waals surface area contributed by atoms with Crippen LogP contribution in [0.2, 0.25) is 0 Å². The van der Waals surface area contributed by atoms with Crippen LogP contribution in [0.25, 0.3) is 11.1 Å². The summed E-state index contributed by atoms with van der Waals surface area (Å²) in [7, 11) is -3.86. The number of carbonyl (C=O) groups excluding carboxylic acids is 1. The molecule has 1 saturated heterocycles. The average molecular weight is 558 g/mol. The number of sulfone groups is 1. The van der Waals surface area contributed by atoms with E-state index in [1.807, 2.05) is 54.3 Å². The van der Waals surface area contributed by atoms with Crippen molar-refractivity contribution in [2.75, 3.05) is 6.54 Å². The van der Waals surface area contributed by atoms with Crippen LogP contribution in [0.5, 0.6) is 0 Å². The van der Waals surface area contributed by atoms with Crippen LogP contribution in [0.4, 0.5) is 0 Å². The Labute approximate surface area is 236 Å². The van der Waals surface area contributed by atoms with E-state index in [2.05, 4.69) is 18.2 Å². The lowest BCUT2D eigenvalue weighted by Crippen LogP contribution is -2.53. The van der Waals surface area contributed by atoms with Gasteiger partial charge >= 0.3 is 5.97 Å². The summed E-state index contributed by atoms with van der Waals surface area (Å²) in [6.07, 6.45) is 3.67. The molecule has 2 atom stereocenters. The maximum Gasteiger partial charge on any atom is 0.306 e. The van der Waals surface area contributed by atoms with Gasteiger partial charge in [-0.15, -0.1) is 0 Å². The lowest BCUT2D eigenvalue weighted by atomic mass is 9.77. The van der Waals surface area contributed by atoms with Gasteiger partial charge in [-0.1, -0.05) is 66.2 Å². The van der Waals surface area contributed by atoms with E-state index in [9.17, 15) is 23.1 Å². The number of nitrogens with zero attached hydrogens (tertiary/aromatic N) is 1. The molecule has 6 rings (SSSR count). The molecular weight excluding hydrogens is 522 g/mol. The molecule has 0 spiro atoms. The normalized spacial score (nSPS) is 26.1. The highest BCUT2D eigenvalue weighted by Crippen LogP contribution is 2.53. The van der Waals surface area contributed by atoms with Gasteiger partial charge in [-0.3, -0.25) is 9.59 Å². The molecule has 2 aliphatic carbocycles. The summed E-state index contributed by atoms with van der Waals surface area (Å²) in [6.45, 7) is 2.32. The maximum atomic E-state index is 14.7. The Hall–Kier alpha value is -3.45. The van der Waals surface area contributed by atoms with Crippen molar-refractivity contribution in [2.24, 2.45) is 11.8 Å². The number of likely N-dealkylation sites (tertiary alicyclic amines) is 1. The monoisotopic (exact) mass is 557 g/mol. The van der Waals surface area contributed by atoms with Crippen molar-refractivity contribution in [2.45, 2.75) is 67.6 Å². The van der Waals surface area contributed by atoms with Crippen LogP contribution in [-0.4, -0.2) is 42.9 Å². The molecular formula is C33H35NO5S. The first-order valence-corrected chi connectivity index (χ1v) is 15.7. The Morgan fingerprint density at radius 1 is 0.850 bits per heavy atom. The topological polar surface area (TPSA) is 91.8 Å². The summed E-state index contributed by atoms with van der Waals surface area (Å²) in [6, 6.07) is 22.8. The van der Waals surface area contributed by atoms with Crippen molar-refractivity contribution < 1.29 is 23.1 Å². The fourth-order valence-electron chi connectivity index (χ4n) is 7.35. The molecule has 6 nitrogen and oxygen atoms in total. The van der Waals surface area contributed by atoms with Crippen LogP contribution < -0.4 is 0 Å². The van der Waals surface area contributed by atoms with E-state index in [0.29, 0.717) is 56.4 Å². The number of fused-ring (bicyclic) bond motifs is 3. The van der Waals surface area contributed by atoms with Crippen molar-refractivity contribution >= 4 is 21.7 Å². The third kappa shape index (κ3) is 4.26. The largest absolute Gasteiger partial charge is 0.481 e. The second kappa shape index (κ2) is 10.2. The van der Waals surface area contributed by atoms with Gasteiger partial charge in [-0.2, -0.15) is 0 Å². The van der Waals surface area contributed by atoms with E-state index in [0.717, 1.165) is 27.8 Å². The van der Waals surface area contributed by atoms with Crippen molar-refractivity contribution in [1.82, 2.24) is 4.90 Å². The van der Waals surface area contributed by atoms with Gasteiger partial charge in [0, 0.05) is 12.5 Å². The second-order valence-electron chi connectivity index (χ2n) is 11.7. The molecule has 40 heavy (non-hydrogen) atoms. The van der Waals surface area contributed by atoms with Crippen LogP contribution in [0.3, 0.4) is 0 Å². The third-order valence-corrected chi connectivity index (χ3v) is 12.1. The minimum atomic E-state index is -3.86. The minimum Gasteiger partial charge on any atom is -0.481 e. The minimum absolute atomic E-state index is 0.0147. The predicted octanol–water partition coefficient (Wildman–Crippen LogP) is 5.77. The molecule has 0 aromatic heterocycles. The SMILES string of the molecule is Cc1ccc(S(=O)(=O)C23CCN(C(=O)[C@H]4CC[C@H](C(=O)O)CC4)C2CCc2cc(-c4ccccc4)ccc23)cc1. The lowest BCUT2D eigenvalue weighted by molar-refractivity contribution is -0.146. The number of hydrogen-bond donors (Lipinski definition) is 1. The van der Waals surface area contributed by atoms with Gasteiger partial charge in [-0.05, 0) is 86.3 Å². The number of benzene rings is 3. The van der Waals surface area contributed by atoms with E-state index >= 15 is 0 Å². The Bertz CT molecular complexity index is 1540. The Kier molecular flexibility index (Phi) is 6.81. The quantitative estimate of drug-likeness (QED) is 0.430. The number of amides is 1. The predicted molar refractivity (Wildman–Crippen MR) is 153 cm³/mol. The Morgan fingerprint density at radius 3 is 2.20 bits per heavy atom. The van der Waals surface area contributed by atoms with E-state index < -0.39 is 32.5 Å². The van der Waals surface area contributed by atoms with Gasteiger partial charge in [0.05, 0.1) is 16.9 Å². The van der Waals surface area contributed by atoms with Crippen molar-refractivity contribution in [1.29, 1.82) is 0 Å². The molecule has 2 fully saturated rings. The number of rotatable bonds is 5. The molecule has 1 amide bonds. The highest BCUT2D eigenvalue weighted by atomic mass is 32.2. The smallest absolute Gasteiger partial charge is 0.306 e. The highest BCUT2D eigenvalue weighted by molar-refractivity contribution is 7.92. The van der Waals surface area contributed by atoms with Crippen LogP contribution in [0.1, 0.15) is 55.2 Å². The maximum absolute atomic E-state index is 14.7. The number of aliphatic carboxylic acids is 1. The van der Waals surface area contributed by atoms with Gasteiger partial charge in [0.25, 0.3) is 0 Å². The van der Waals surface area contributed by atoms with Gasteiger partial charge in [0.2, 0.25) is 5.91 Å². The number of aryl methyl sites for hydroxylation is 2. The molecule has 3 aromatic rings. The van der Waals surface area contributed by atoms with Gasteiger partial charge in [0.15, 0.2) is 9.84 Å². The number of carboxylic acid groups (broad SMARTS) is 1. The lowest BCUT2D eigenvalue weighted by Gasteiger charge is -2.43. The highest BCUT2D eigenvalue weighted by Gasteiger charge is 2.61. The first-order valence-electron chi connectivity index (χ1n) is 14.3. The fraction of sp³-hybridized carbons (Fsp3) is 0.394. The van der Waals surface area contributed by atoms with Crippen molar-refractivity contribution in [3.63, 3.8) is 0 Å². The van der Waals surface area contributed by atoms with E-state index in [4.69, 9.17) is 0 Å². The summed E-state index contributed by atoms with van der Waals surface area (Å²) in [4.78, 5) is 27.5. The molecule has 7 heteroatoms. The molecule has 0 radical (unpaired) electrons. The molecule has 1 aliphatic heterocycles. The fourth-order valence-corrected chi connectivity index (χ4v) is 9.72. The zero-order valence-electron chi connectivity index (χ0n) is 22.8. The molecule has 208 valence electrons.